The highest BCUT2D eigenvalue weighted by Crippen LogP contribution is 2.14. The van der Waals surface area contributed by atoms with Crippen LogP contribution in [0.4, 0.5) is 0 Å². The standard InChI is InChI=1S/C19H23N3O3S/c1-13(2)18(21-17(23)11-15-8-6-10-26-15)19(24)22-20-12-14-7-4-5-9-16(14)25-3/h4-10,12-13,18H,11H2,1-3H3,(H,21,23)(H,22,24)/b20-12+. The van der Waals surface area contributed by atoms with Gasteiger partial charge in [-0.05, 0) is 29.5 Å². The zero-order valence-electron chi connectivity index (χ0n) is 15.1. The summed E-state index contributed by atoms with van der Waals surface area (Å²) in [6.07, 6.45) is 1.78. The minimum Gasteiger partial charge on any atom is -0.496 e. The van der Waals surface area contributed by atoms with Crippen LogP contribution in [-0.2, 0) is 16.0 Å². The maximum absolute atomic E-state index is 12.4. The molecule has 1 aromatic carbocycles. The van der Waals surface area contributed by atoms with Crippen molar-refractivity contribution >= 4 is 29.4 Å². The molecule has 2 amide bonds. The fourth-order valence-electron chi connectivity index (χ4n) is 2.34. The van der Waals surface area contributed by atoms with E-state index in [9.17, 15) is 9.59 Å². The molecule has 0 aliphatic heterocycles. The number of ether oxygens (including phenoxy) is 1. The van der Waals surface area contributed by atoms with Crippen LogP contribution in [0.1, 0.15) is 24.3 Å². The summed E-state index contributed by atoms with van der Waals surface area (Å²) in [5.74, 6) is 0.0552. The predicted octanol–water partition coefficient (Wildman–Crippen LogP) is 2.59. The third-order valence-electron chi connectivity index (χ3n) is 3.70. The Kier molecular flexibility index (Phi) is 7.35. The molecule has 1 heterocycles. The Morgan fingerprint density at radius 1 is 1.23 bits per heavy atom. The van der Waals surface area contributed by atoms with Crippen molar-refractivity contribution in [2.24, 2.45) is 11.0 Å². The molecular formula is C19H23N3O3S. The Labute approximate surface area is 157 Å². The van der Waals surface area contributed by atoms with Crippen LogP contribution in [0.2, 0.25) is 0 Å². The normalized spacial score (nSPS) is 12.2. The molecule has 26 heavy (non-hydrogen) atoms. The Balaban J connectivity index is 1.95. The molecule has 0 radical (unpaired) electrons. The quantitative estimate of drug-likeness (QED) is 0.551. The summed E-state index contributed by atoms with van der Waals surface area (Å²) in [5, 5.41) is 8.68. The van der Waals surface area contributed by atoms with Crippen LogP contribution < -0.4 is 15.5 Å². The maximum Gasteiger partial charge on any atom is 0.262 e. The molecule has 0 saturated carbocycles. The number of nitrogens with zero attached hydrogens (tertiary/aromatic N) is 1. The number of hydrogen-bond donors (Lipinski definition) is 2. The van der Waals surface area contributed by atoms with Crippen molar-refractivity contribution < 1.29 is 14.3 Å². The van der Waals surface area contributed by atoms with Gasteiger partial charge >= 0.3 is 0 Å². The van der Waals surface area contributed by atoms with Gasteiger partial charge in [0.1, 0.15) is 11.8 Å². The van der Waals surface area contributed by atoms with Gasteiger partial charge < -0.3 is 10.1 Å². The number of carbonyl (C=O) groups is 2. The van der Waals surface area contributed by atoms with E-state index in [1.807, 2.05) is 55.6 Å². The first-order chi connectivity index (χ1) is 12.5. The summed E-state index contributed by atoms with van der Waals surface area (Å²) in [5.41, 5.74) is 3.24. The van der Waals surface area contributed by atoms with Crippen LogP contribution in [0.3, 0.4) is 0 Å². The maximum atomic E-state index is 12.4. The molecule has 0 bridgehead atoms. The van der Waals surface area contributed by atoms with Crippen molar-refractivity contribution in [3.8, 4) is 5.75 Å². The molecule has 1 atom stereocenters. The van der Waals surface area contributed by atoms with Crippen LogP contribution in [0.15, 0.2) is 46.9 Å². The molecule has 1 unspecified atom stereocenters. The van der Waals surface area contributed by atoms with E-state index < -0.39 is 6.04 Å². The van der Waals surface area contributed by atoms with Gasteiger partial charge in [-0.25, -0.2) is 5.43 Å². The number of benzene rings is 1. The average Bonchev–Trinajstić information content (AvgIpc) is 3.12. The molecule has 2 aromatic rings. The number of nitrogens with one attached hydrogen (secondary N) is 2. The van der Waals surface area contributed by atoms with E-state index in [4.69, 9.17) is 4.74 Å². The monoisotopic (exact) mass is 373 g/mol. The minimum absolute atomic E-state index is 0.0660. The van der Waals surface area contributed by atoms with Crippen LogP contribution in [0.5, 0.6) is 5.75 Å². The molecular weight excluding hydrogens is 350 g/mol. The van der Waals surface area contributed by atoms with Crippen molar-refractivity contribution in [3.63, 3.8) is 0 Å². The number of amides is 2. The van der Waals surface area contributed by atoms with E-state index in [1.165, 1.54) is 17.6 Å². The second-order valence-electron chi connectivity index (χ2n) is 6.02. The largest absolute Gasteiger partial charge is 0.496 e. The lowest BCUT2D eigenvalue weighted by Gasteiger charge is -2.20. The number of thiophene rings is 1. The van der Waals surface area contributed by atoms with Gasteiger partial charge in [0.25, 0.3) is 5.91 Å². The van der Waals surface area contributed by atoms with Crippen molar-refractivity contribution in [2.45, 2.75) is 26.3 Å². The van der Waals surface area contributed by atoms with Gasteiger partial charge in [0.05, 0.1) is 19.7 Å². The van der Waals surface area contributed by atoms with Crippen molar-refractivity contribution in [3.05, 3.63) is 52.2 Å². The van der Waals surface area contributed by atoms with E-state index in [1.54, 1.807) is 7.11 Å². The fourth-order valence-corrected chi connectivity index (χ4v) is 3.04. The molecule has 0 aliphatic carbocycles. The zero-order valence-corrected chi connectivity index (χ0v) is 15.9. The fraction of sp³-hybridized carbons (Fsp3) is 0.316. The minimum atomic E-state index is -0.655. The smallest absolute Gasteiger partial charge is 0.262 e. The van der Waals surface area contributed by atoms with E-state index in [0.29, 0.717) is 5.75 Å². The molecule has 1 aromatic heterocycles. The molecule has 7 heteroatoms. The molecule has 2 rings (SSSR count). The molecule has 0 spiro atoms. The first-order valence-corrected chi connectivity index (χ1v) is 9.17. The number of methoxy groups -OCH3 is 1. The van der Waals surface area contributed by atoms with Gasteiger partial charge in [-0.2, -0.15) is 5.10 Å². The van der Waals surface area contributed by atoms with E-state index >= 15 is 0 Å². The first-order valence-electron chi connectivity index (χ1n) is 8.29. The van der Waals surface area contributed by atoms with Gasteiger partial charge in [0, 0.05) is 10.4 Å². The summed E-state index contributed by atoms with van der Waals surface area (Å²) >= 11 is 1.51. The first kappa shape index (κ1) is 19.7. The van der Waals surface area contributed by atoms with Crippen LogP contribution >= 0.6 is 11.3 Å². The summed E-state index contributed by atoms with van der Waals surface area (Å²) in [6, 6.07) is 10.5. The number of carbonyl (C=O) groups excluding carboxylic acids is 2. The number of para-hydroxylation sites is 1. The van der Waals surface area contributed by atoms with Crippen molar-refractivity contribution in [1.29, 1.82) is 0 Å². The lowest BCUT2D eigenvalue weighted by molar-refractivity contribution is -0.129. The van der Waals surface area contributed by atoms with E-state index in [2.05, 4.69) is 15.8 Å². The zero-order chi connectivity index (χ0) is 18.9. The number of hydrazone groups is 1. The van der Waals surface area contributed by atoms with Crippen molar-refractivity contribution in [1.82, 2.24) is 10.7 Å². The Morgan fingerprint density at radius 2 is 2.00 bits per heavy atom. The predicted molar refractivity (Wildman–Crippen MR) is 104 cm³/mol. The van der Waals surface area contributed by atoms with Crippen LogP contribution in [0, 0.1) is 5.92 Å². The Hall–Kier alpha value is -2.67. The van der Waals surface area contributed by atoms with Gasteiger partial charge in [0.2, 0.25) is 5.91 Å². The lowest BCUT2D eigenvalue weighted by Crippen LogP contribution is -2.49. The highest BCUT2D eigenvalue weighted by atomic mass is 32.1. The Morgan fingerprint density at radius 3 is 2.65 bits per heavy atom. The highest BCUT2D eigenvalue weighted by molar-refractivity contribution is 7.10. The Bertz CT molecular complexity index is 757. The summed E-state index contributed by atoms with van der Waals surface area (Å²) < 4.78 is 5.23. The van der Waals surface area contributed by atoms with E-state index in [-0.39, 0.29) is 24.2 Å². The summed E-state index contributed by atoms with van der Waals surface area (Å²) in [4.78, 5) is 25.5. The van der Waals surface area contributed by atoms with Crippen LogP contribution in [-0.4, -0.2) is 31.2 Å². The molecule has 0 fully saturated rings. The van der Waals surface area contributed by atoms with Crippen LogP contribution in [0.25, 0.3) is 0 Å². The molecule has 0 aliphatic rings. The second-order valence-corrected chi connectivity index (χ2v) is 7.05. The van der Waals surface area contributed by atoms with E-state index in [0.717, 1.165) is 10.4 Å². The van der Waals surface area contributed by atoms with Gasteiger partial charge in [-0.15, -0.1) is 11.3 Å². The molecule has 6 nitrogen and oxygen atoms in total. The molecule has 138 valence electrons. The van der Waals surface area contributed by atoms with Gasteiger partial charge in [0.15, 0.2) is 0 Å². The third kappa shape index (κ3) is 5.70. The number of hydrogen-bond acceptors (Lipinski definition) is 5. The van der Waals surface area contributed by atoms with Gasteiger partial charge in [-0.1, -0.05) is 32.0 Å². The molecule has 2 N–H and O–H groups in total. The SMILES string of the molecule is COc1ccccc1/C=N/NC(=O)C(NC(=O)Cc1cccs1)C(C)C. The average molecular weight is 373 g/mol. The number of rotatable bonds is 8. The molecule has 0 saturated heterocycles. The topological polar surface area (TPSA) is 79.8 Å². The highest BCUT2D eigenvalue weighted by Gasteiger charge is 2.24. The summed E-state index contributed by atoms with van der Waals surface area (Å²) in [7, 11) is 1.57. The second kappa shape index (κ2) is 9.72. The summed E-state index contributed by atoms with van der Waals surface area (Å²) in [6.45, 7) is 3.75. The van der Waals surface area contributed by atoms with Gasteiger partial charge in [-0.3, -0.25) is 9.59 Å². The van der Waals surface area contributed by atoms with Crippen molar-refractivity contribution in [2.75, 3.05) is 7.11 Å². The lowest BCUT2D eigenvalue weighted by atomic mass is 10.0. The third-order valence-corrected chi connectivity index (χ3v) is 4.57.